The van der Waals surface area contributed by atoms with Gasteiger partial charge >= 0.3 is 0 Å². The summed E-state index contributed by atoms with van der Waals surface area (Å²) in [6.07, 6.45) is -1.98. The number of benzene rings is 2. The number of carbonyl (C=O) groups is 1. The maximum absolute atomic E-state index is 13.9. The molecular formula is C21H17Cl4F2N3O3S. The number of hydrogen-bond acceptors (Lipinski definition) is 4. The van der Waals surface area contributed by atoms with Crippen molar-refractivity contribution in [2.24, 2.45) is 0 Å². The van der Waals surface area contributed by atoms with Crippen LogP contribution in [0.4, 0.5) is 14.5 Å². The summed E-state index contributed by atoms with van der Waals surface area (Å²) in [4.78, 5) is 15.3. The van der Waals surface area contributed by atoms with Gasteiger partial charge in [0.15, 0.2) is 0 Å². The Labute approximate surface area is 214 Å². The number of hydrogen-bond donors (Lipinski definition) is 0. The molecule has 0 atom stereocenters. The molecule has 1 fully saturated rings. The highest BCUT2D eigenvalue weighted by molar-refractivity contribution is 7.90. The third-order valence-corrected chi connectivity index (χ3v) is 8.23. The first-order chi connectivity index (χ1) is 15.9. The van der Waals surface area contributed by atoms with Crippen LogP contribution in [-0.2, 0) is 14.8 Å². The van der Waals surface area contributed by atoms with Crippen molar-refractivity contribution in [3.63, 3.8) is 0 Å². The molecule has 1 amide bonds. The van der Waals surface area contributed by atoms with Crippen LogP contribution in [0.25, 0.3) is 10.9 Å². The third-order valence-electron chi connectivity index (χ3n) is 5.57. The van der Waals surface area contributed by atoms with E-state index in [0.29, 0.717) is 18.8 Å². The molecule has 3 aromatic rings. The monoisotopic (exact) mass is 569 g/mol. The molecule has 0 saturated carbocycles. The lowest BCUT2D eigenvalue weighted by Crippen LogP contribution is -2.51. The smallest absolute Gasteiger partial charge is 0.274 e. The molecule has 1 saturated heterocycles. The number of fused-ring (bicyclic) bond motifs is 1. The van der Waals surface area contributed by atoms with Crippen LogP contribution in [0.1, 0.15) is 12.0 Å². The zero-order chi connectivity index (χ0) is 24.8. The fourth-order valence-electron chi connectivity index (χ4n) is 3.89. The van der Waals surface area contributed by atoms with Gasteiger partial charge in [-0.3, -0.25) is 4.79 Å². The van der Waals surface area contributed by atoms with Crippen molar-refractivity contribution < 1.29 is 22.0 Å². The fraction of sp³-hybridized carbons (Fsp3) is 0.286. The first-order valence-electron chi connectivity index (χ1n) is 9.95. The van der Waals surface area contributed by atoms with E-state index >= 15 is 0 Å². The zero-order valence-corrected chi connectivity index (χ0v) is 21.1. The van der Waals surface area contributed by atoms with E-state index in [1.165, 1.54) is 35.2 Å². The highest BCUT2D eigenvalue weighted by Crippen LogP contribution is 2.36. The molecule has 0 spiro atoms. The van der Waals surface area contributed by atoms with Crippen LogP contribution in [0.2, 0.25) is 5.02 Å². The van der Waals surface area contributed by atoms with Gasteiger partial charge in [-0.25, -0.2) is 21.2 Å². The number of nitrogens with zero attached hydrogens (tertiary/aromatic N) is 3. The molecule has 0 radical (unpaired) electrons. The Morgan fingerprint density at radius 2 is 1.65 bits per heavy atom. The number of aromatic nitrogens is 1. The lowest BCUT2D eigenvalue weighted by atomic mass is 10.1. The Kier molecular flexibility index (Phi) is 6.96. The van der Waals surface area contributed by atoms with Crippen molar-refractivity contribution in [3.8, 4) is 0 Å². The first kappa shape index (κ1) is 25.3. The Bertz CT molecular complexity index is 1350. The third kappa shape index (κ3) is 4.68. The normalized spacial score (nSPS) is 15.4. The van der Waals surface area contributed by atoms with E-state index in [4.69, 9.17) is 46.4 Å². The Balaban J connectivity index is 1.70. The van der Waals surface area contributed by atoms with Crippen LogP contribution in [0, 0.1) is 0 Å². The average molecular weight is 571 g/mol. The maximum atomic E-state index is 13.9. The molecule has 2 heterocycles. The predicted octanol–water partition coefficient (Wildman–Crippen LogP) is 5.49. The molecule has 182 valence electrons. The number of amides is 1. The van der Waals surface area contributed by atoms with Crippen molar-refractivity contribution in [2.75, 3.05) is 31.1 Å². The summed E-state index contributed by atoms with van der Waals surface area (Å²) in [6.45, 7) is 1.30. The lowest BCUT2D eigenvalue weighted by molar-refractivity contribution is -0.130. The summed E-state index contributed by atoms with van der Waals surface area (Å²) < 4.78 is 53.0. The van der Waals surface area contributed by atoms with E-state index in [1.54, 1.807) is 12.1 Å². The summed E-state index contributed by atoms with van der Waals surface area (Å²) in [7, 11) is -4.22. The fourth-order valence-corrected chi connectivity index (χ4v) is 6.12. The van der Waals surface area contributed by atoms with E-state index in [-0.39, 0.29) is 33.9 Å². The second kappa shape index (κ2) is 9.35. The minimum Gasteiger partial charge on any atom is -0.368 e. The second-order valence-corrected chi connectivity index (χ2v) is 12.1. The minimum absolute atomic E-state index is 0.0122. The predicted molar refractivity (Wildman–Crippen MR) is 130 cm³/mol. The quantitative estimate of drug-likeness (QED) is 0.389. The number of piperazine rings is 1. The van der Waals surface area contributed by atoms with Crippen LogP contribution in [-0.4, -0.2) is 53.2 Å². The van der Waals surface area contributed by atoms with Gasteiger partial charge in [0.25, 0.3) is 26.1 Å². The Morgan fingerprint density at radius 3 is 2.24 bits per heavy atom. The van der Waals surface area contributed by atoms with Crippen LogP contribution in [0.3, 0.4) is 0 Å². The molecule has 0 unspecified atom stereocenters. The van der Waals surface area contributed by atoms with Gasteiger partial charge in [-0.2, -0.15) is 0 Å². The van der Waals surface area contributed by atoms with Crippen LogP contribution in [0.15, 0.2) is 53.6 Å². The minimum atomic E-state index is -4.22. The van der Waals surface area contributed by atoms with Gasteiger partial charge in [0.2, 0.25) is 0 Å². The number of carbonyl (C=O) groups excluding carboxylic acids is 1. The summed E-state index contributed by atoms with van der Waals surface area (Å²) in [5.41, 5.74) is 0.282. The van der Waals surface area contributed by atoms with Crippen molar-refractivity contribution in [1.29, 1.82) is 0 Å². The van der Waals surface area contributed by atoms with Crippen molar-refractivity contribution >= 4 is 78.9 Å². The molecule has 0 bridgehead atoms. The van der Waals surface area contributed by atoms with Gasteiger partial charge in [-0.15, -0.1) is 0 Å². The molecule has 6 nitrogen and oxygen atoms in total. The number of rotatable bonds is 4. The Morgan fingerprint density at radius 1 is 1.00 bits per heavy atom. The van der Waals surface area contributed by atoms with Crippen LogP contribution < -0.4 is 4.90 Å². The largest absolute Gasteiger partial charge is 0.368 e. The topological polar surface area (TPSA) is 62.6 Å². The average Bonchev–Trinajstić information content (AvgIpc) is 3.18. The van der Waals surface area contributed by atoms with Gasteiger partial charge in [-0.1, -0.05) is 58.5 Å². The van der Waals surface area contributed by atoms with Gasteiger partial charge in [0.1, 0.15) is 4.90 Å². The van der Waals surface area contributed by atoms with Crippen LogP contribution in [0.5, 0.6) is 0 Å². The summed E-state index contributed by atoms with van der Waals surface area (Å²) >= 11 is 23.1. The standard InChI is InChI=1S/C21H17Cl4F2N3O3S/c22-16-3-1-2-4-18(16)34(32,33)30-12-15(19(26)27)14-11-13(5-6-17(14)30)28-7-9-29(10-8-28)20(31)21(23,24)25/h1-6,11-12,19H,7-10H2. The van der Waals surface area contributed by atoms with E-state index in [1.807, 2.05) is 4.90 Å². The molecule has 4 rings (SSSR count). The SMILES string of the molecule is O=C(N1CCN(c2ccc3c(c2)c(C(F)F)cn3S(=O)(=O)c2ccccc2Cl)CC1)C(Cl)(Cl)Cl. The second-order valence-electron chi connectivity index (χ2n) is 7.59. The molecule has 1 aliphatic heterocycles. The van der Waals surface area contributed by atoms with Crippen molar-refractivity contribution in [1.82, 2.24) is 8.87 Å². The summed E-state index contributed by atoms with van der Waals surface area (Å²) in [5.74, 6) is -0.630. The van der Waals surface area contributed by atoms with Gasteiger partial charge < -0.3 is 9.80 Å². The van der Waals surface area contributed by atoms with Crippen molar-refractivity contribution in [3.05, 3.63) is 59.2 Å². The molecule has 34 heavy (non-hydrogen) atoms. The van der Waals surface area contributed by atoms with Gasteiger partial charge in [-0.05, 0) is 30.3 Å². The highest BCUT2D eigenvalue weighted by Gasteiger charge is 2.36. The highest BCUT2D eigenvalue weighted by atomic mass is 35.6. The zero-order valence-electron chi connectivity index (χ0n) is 17.3. The van der Waals surface area contributed by atoms with Gasteiger partial charge in [0, 0.05) is 49.0 Å². The molecule has 0 N–H and O–H groups in total. The Hall–Kier alpha value is -1.78. The van der Waals surface area contributed by atoms with E-state index in [0.717, 1.165) is 10.2 Å². The molecular weight excluding hydrogens is 554 g/mol. The van der Waals surface area contributed by atoms with Crippen molar-refractivity contribution in [2.45, 2.75) is 15.1 Å². The maximum Gasteiger partial charge on any atom is 0.274 e. The van der Waals surface area contributed by atoms with E-state index in [9.17, 15) is 22.0 Å². The van der Waals surface area contributed by atoms with E-state index in [2.05, 4.69) is 0 Å². The first-order valence-corrected chi connectivity index (χ1v) is 12.9. The molecule has 1 aliphatic rings. The van der Waals surface area contributed by atoms with Crippen LogP contribution >= 0.6 is 46.4 Å². The lowest BCUT2D eigenvalue weighted by Gasteiger charge is -2.37. The molecule has 2 aromatic carbocycles. The number of alkyl halides is 5. The molecule has 0 aliphatic carbocycles. The molecule has 13 heteroatoms. The summed E-state index contributed by atoms with van der Waals surface area (Å²) in [6, 6.07) is 10.4. The van der Waals surface area contributed by atoms with Gasteiger partial charge in [0.05, 0.1) is 10.5 Å². The number of anilines is 1. The van der Waals surface area contributed by atoms with E-state index < -0.39 is 31.7 Å². The molecule has 1 aromatic heterocycles. The summed E-state index contributed by atoms with van der Waals surface area (Å²) in [5, 5.41) is 0.0877. The number of halogens is 6.